The highest BCUT2D eigenvalue weighted by Gasteiger charge is 2.17. The minimum absolute atomic E-state index is 0.402. The van der Waals surface area contributed by atoms with E-state index in [0.717, 1.165) is 22.4 Å². The Kier molecular flexibility index (Phi) is 3.66. The molecule has 0 amide bonds. The van der Waals surface area contributed by atoms with Crippen molar-refractivity contribution in [1.82, 2.24) is 15.2 Å². The van der Waals surface area contributed by atoms with E-state index in [4.69, 9.17) is 5.73 Å². The molecule has 3 rings (SSSR count). The van der Waals surface area contributed by atoms with Crippen molar-refractivity contribution in [2.75, 3.05) is 5.73 Å². The maximum absolute atomic E-state index is 10.5. The zero-order valence-corrected chi connectivity index (χ0v) is 11.4. The third-order valence-electron chi connectivity index (χ3n) is 3.44. The second-order valence-corrected chi connectivity index (χ2v) is 4.86. The molecule has 2 heterocycles. The number of pyridine rings is 1. The number of nitrogens with two attached hydrogens (primary N) is 1. The van der Waals surface area contributed by atoms with Gasteiger partial charge in [-0.2, -0.15) is 5.10 Å². The average molecular weight is 280 g/mol. The Balaban J connectivity index is 1.88. The lowest BCUT2D eigenvalue weighted by Crippen LogP contribution is -2.05. The van der Waals surface area contributed by atoms with Crippen molar-refractivity contribution in [3.8, 4) is 11.3 Å². The van der Waals surface area contributed by atoms with Gasteiger partial charge in [0.2, 0.25) is 0 Å². The normalized spacial score (nSPS) is 12.2. The van der Waals surface area contributed by atoms with Crippen LogP contribution >= 0.6 is 0 Å². The van der Waals surface area contributed by atoms with Crippen molar-refractivity contribution in [3.05, 3.63) is 66.1 Å². The van der Waals surface area contributed by atoms with E-state index in [-0.39, 0.29) is 0 Å². The molecule has 1 aromatic carbocycles. The highest BCUT2D eigenvalue weighted by atomic mass is 16.3. The summed E-state index contributed by atoms with van der Waals surface area (Å²) in [5, 5.41) is 17.5. The fraction of sp³-hybridized carbons (Fsp3) is 0.125. The first-order valence-corrected chi connectivity index (χ1v) is 6.71. The van der Waals surface area contributed by atoms with Crippen molar-refractivity contribution in [1.29, 1.82) is 0 Å². The summed E-state index contributed by atoms with van der Waals surface area (Å²) in [5.41, 5.74) is 9.92. The third kappa shape index (κ3) is 2.78. The number of rotatable bonds is 4. The summed E-state index contributed by atoms with van der Waals surface area (Å²) in [4.78, 5) is 4.05. The zero-order chi connectivity index (χ0) is 14.7. The molecule has 0 spiro atoms. The molecule has 0 saturated carbocycles. The summed E-state index contributed by atoms with van der Waals surface area (Å²) in [6.45, 7) is 0. The standard InChI is InChI=1S/C16H16N4O/c17-14-6-7-18-9-12(14)8-15(21)13-10-19-20-16(13)11-4-2-1-3-5-11/h1-7,9-10,15,21H,8H2,(H2,17,18)(H,19,20). The Morgan fingerprint density at radius 1 is 1.14 bits per heavy atom. The molecule has 1 unspecified atom stereocenters. The second-order valence-electron chi connectivity index (χ2n) is 4.86. The molecule has 0 aliphatic rings. The van der Waals surface area contributed by atoms with Gasteiger partial charge < -0.3 is 10.8 Å². The average Bonchev–Trinajstić information content (AvgIpc) is 3.00. The number of aromatic nitrogens is 3. The fourth-order valence-electron chi connectivity index (χ4n) is 2.31. The molecule has 0 saturated heterocycles. The van der Waals surface area contributed by atoms with Crippen LogP contribution in [0.25, 0.3) is 11.3 Å². The van der Waals surface area contributed by atoms with Gasteiger partial charge in [0.15, 0.2) is 0 Å². The van der Waals surface area contributed by atoms with Gasteiger partial charge in [0.25, 0.3) is 0 Å². The molecule has 0 aliphatic heterocycles. The van der Waals surface area contributed by atoms with Crippen molar-refractivity contribution in [2.45, 2.75) is 12.5 Å². The zero-order valence-electron chi connectivity index (χ0n) is 11.4. The van der Waals surface area contributed by atoms with E-state index in [9.17, 15) is 5.11 Å². The van der Waals surface area contributed by atoms with Crippen molar-refractivity contribution in [2.24, 2.45) is 0 Å². The second kappa shape index (κ2) is 5.76. The molecule has 0 bridgehead atoms. The van der Waals surface area contributed by atoms with Crippen LogP contribution < -0.4 is 5.73 Å². The number of aliphatic hydroxyl groups is 1. The summed E-state index contributed by atoms with van der Waals surface area (Å²) in [5.74, 6) is 0. The van der Waals surface area contributed by atoms with Gasteiger partial charge in [-0.1, -0.05) is 30.3 Å². The molecule has 1 atom stereocenters. The number of aliphatic hydroxyl groups excluding tert-OH is 1. The topological polar surface area (TPSA) is 87.8 Å². The van der Waals surface area contributed by atoms with Crippen LogP contribution in [0.1, 0.15) is 17.2 Å². The summed E-state index contributed by atoms with van der Waals surface area (Å²) >= 11 is 0. The summed E-state index contributed by atoms with van der Waals surface area (Å²) in [6.07, 6.45) is 4.68. The Hall–Kier alpha value is -2.66. The number of hydrogen-bond donors (Lipinski definition) is 3. The molecule has 5 nitrogen and oxygen atoms in total. The summed E-state index contributed by atoms with van der Waals surface area (Å²) in [7, 11) is 0. The maximum Gasteiger partial charge on any atom is 0.0868 e. The van der Waals surface area contributed by atoms with E-state index in [2.05, 4.69) is 15.2 Å². The first kappa shape index (κ1) is 13.3. The van der Waals surface area contributed by atoms with Gasteiger partial charge in [0, 0.05) is 30.1 Å². The van der Waals surface area contributed by atoms with Gasteiger partial charge in [-0.3, -0.25) is 10.1 Å². The number of anilines is 1. The molecule has 21 heavy (non-hydrogen) atoms. The van der Waals surface area contributed by atoms with Crippen LogP contribution in [0.4, 0.5) is 5.69 Å². The van der Waals surface area contributed by atoms with E-state index in [1.165, 1.54) is 0 Å². The van der Waals surface area contributed by atoms with Crippen LogP contribution in [-0.2, 0) is 6.42 Å². The number of hydrogen-bond acceptors (Lipinski definition) is 4. The van der Waals surface area contributed by atoms with E-state index >= 15 is 0 Å². The van der Waals surface area contributed by atoms with E-state index in [0.29, 0.717) is 12.1 Å². The van der Waals surface area contributed by atoms with E-state index in [1.54, 1.807) is 24.7 Å². The highest BCUT2D eigenvalue weighted by molar-refractivity contribution is 5.63. The maximum atomic E-state index is 10.5. The molecule has 0 aliphatic carbocycles. The van der Waals surface area contributed by atoms with E-state index < -0.39 is 6.10 Å². The predicted octanol–water partition coefficient (Wildman–Crippen LogP) is 2.33. The van der Waals surface area contributed by atoms with Crippen LogP contribution in [0.5, 0.6) is 0 Å². The smallest absolute Gasteiger partial charge is 0.0868 e. The first-order valence-electron chi connectivity index (χ1n) is 6.71. The first-order chi connectivity index (χ1) is 10.3. The third-order valence-corrected chi connectivity index (χ3v) is 3.44. The van der Waals surface area contributed by atoms with Crippen LogP contribution in [0.3, 0.4) is 0 Å². The Labute approximate surface area is 122 Å². The van der Waals surface area contributed by atoms with Crippen LogP contribution in [0.2, 0.25) is 0 Å². The molecule has 106 valence electrons. The van der Waals surface area contributed by atoms with E-state index in [1.807, 2.05) is 30.3 Å². The predicted molar refractivity (Wildman–Crippen MR) is 81.3 cm³/mol. The summed E-state index contributed by atoms with van der Waals surface area (Å²) < 4.78 is 0. The lowest BCUT2D eigenvalue weighted by Gasteiger charge is -2.12. The highest BCUT2D eigenvalue weighted by Crippen LogP contribution is 2.28. The number of nitrogens with one attached hydrogen (secondary N) is 1. The quantitative estimate of drug-likeness (QED) is 0.684. The minimum atomic E-state index is -0.689. The minimum Gasteiger partial charge on any atom is -0.398 e. The largest absolute Gasteiger partial charge is 0.398 e. The van der Waals surface area contributed by atoms with Crippen molar-refractivity contribution < 1.29 is 5.11 Å². The van der Waals surface area contributed by atoms with Gasteiger partial charge in [0.05, 0.1) is 18.0 Å². The van der Waals surface area contributed by atoms with Gasteiger partial charge >= 0.3 is 0 Å². The number of nitrogen functional groups attached to an aromatic ring is 1. The molecule has 0 radical (unpaired) electrons. The SMILES string of the molecule is Nc1ccncc1CC(O)c1cn[nH]c1-c1ccccc1. The van der Waals surface area contributed by atoms with Crippen LogP contribution in [-0.4, -0.2) is 20.3 Å². The van der Waals surface area contributed by atoms with Crippen molar-refractivity contribution >= 4 is 5.69 Å². The molecular weight excluding hydrogens is 264 g/mol. The molecule has 0 fully saturated rings. The molecule has 3 aromatic rings. The number of benzene rings is 1. The number of nitrogens with zero attached hydrogens (tertiary/aromatic N) is 2. The number of H-pyrrole nitrogens is 1. The lowest BCUT2D eigenvalue weighted by molar-refractivity contribution is 0.179. The Bertz CT molecular complexity index is 724. The monoisotopic (exact) mass is 280 g/mol. The molecular formula is C16H16N4O. The summed E-state index contributed by atoms with van der Waals surface area (Å²) in [6, 6.07) is 11.5. The fourth-order valence-corrected chi connectivity index (χ4v) is 2.31. The van der Waals surface area contributed by atoms with Gasteiger partial charge in [-0.25, -0.2) is 0 Å². The van der Waals surface area contributed by atoms with Gasteiger partial charge in [0.1, 0.15) is 0 Å². The lowest BCUT2D eigenvalue weighted by atomic mass is 9.99. The number of aromatic amines is 1. The molecule has 5 heteroatoms. The van der Waals surface area contributed by atoms with Crippen molar-refractivity contribution in [3.63, 3.8) is 0 Å². The van der Waals surface area contributed by atoms with Crippen LogP contribution in [0.15, 0.2) is 55.0 Å². The van der Waals surface area contributed by atoms with Gasteiger partial charge in [-0.05, 0) is 17.2 Å². The van der Waals surface area contributed by atoms with Crippen LogP contribution in [0, 0.1) is 0 Å². The molecule has 2 aromatic heterocycles. The Morgan fingerprint density at radius 3 is 2.71 bits per heavy atom. The Morgan fingerprint density at radius 2 is 1.95 bits per heavy atom. The van der Waals surface area contributed by atoms with Gasteiger partial charge in [-0.15, -0.1) is 0 Å². The molecule has 4 N–H and O–H groups in total.